The topological polar surface area (TPSA) is 50.2 Å². The van der Waals surface area contributed by atoms with Crippen molar-refractivity contribution in [2.75, 3.05) is 0 Å². The Morgan fingerprint density at radius 3 is 2.85 bits per heavy atom. The molecule has 1 heterocycles. The molecule has 4 heteroatoms. The third-order valence-electron chi connectivity index (χ3n) is 4.15. The van der Waals surface area contributed by atoms with Crippen LogP contribution in [0.5, 0.6) is 0 Å². The van der Waals surface area contributed by atoms with Gasteiger partial charge in [-0.3, -0.25) is 4.98 Å². The molecule has 104 valence electrons. The van der Waals surface area contributed by atoms with Gasteiger partial charge in [0.05, 0.1) is 21.8 Å². The molecule has 0 unspecified atom stereocenters. The maximum Gasteiger partial charge on any atom is 0.336 e. The minimum absolute atomic E-state index is 0.106. The van der Waals surface area contributed by atoms with Gasteiger partial charge in [0.25, 0.3) is 0 Å². The van der Waals surface area contributed by atoms with Crippen LogP contribution in [0.3, 0.4) is 0 Å². The van der Waals surface area contributed by atoms with Crippen molar-refractivity contribution >= 4 is 28.5 Å². The first-order valence-electron chi connectivity index (χ1n) is 6.77. The zero-order valence-electron chi connectivity index (χ0n) is 11.5. The maximum atomic E-state index is 11.7. The monoisotopic (exact) mass is 289 g/mol. The van der Waals surface area contributed by atoms with Crippen molar-refractivity contribution in [3.63, 3.8) is 0 Å². The largest absolute Gasteiger partial charge is 0.478 e. The van der Waals surface area contributed by atoms with Crippen LogP contribution in [-0.4, -0.2) is 16.1 Å². The lowest BCUT2D eigenvalue weighted by Crippen LogP contribution is -2.27. The lowest BCUT2D eigenvalue weighted by atomic mass is 9.74. The number of nitrogens with zero attached hydrogens (tertiary/aromatic N) is 1. The fraction of sp³-hybridized carbons (Fsp3) is 0.375. The first-order valence-corrected chi connectivity index (χ1v) is 7.14. The highest BCUT2D eigenvalue weighted by Crippen LogP contribution is 2.40. The van der Waals surface area contributed by atoms with Crippen molar-refractivity contribution in [3.05, 3.63) is 40.0 Å². The molecule has 1 aromatic carbocycles. The number of carboxylic acid groups (broad SMARTS) is 1. The van der Waals surface area contributed by atoms with E-state index in [-0.39, 0.29) is 5.41 Å². The van der Waals surface area contributed by atoms with Crippen LogP contribution in [0.15, 0.2) is 18.2 Å². The summed E-state index contributed by atoms with van der Waals surface area (Å²) in [5.74, 6) is -0.895. The third kappa shape index (κ3) is 1.88. The molecule has 0 fully saturated rings. The molecule has 0 amide bonds. The maximum absolute atomic E-state index is 11.7. The molecule has 0 radical (unpaired) electrons. The molecule has 3 rings (SSSR count). The highest BCUT2D eigenvalue weighted by atomic mass is 35.5. The molecular formula is C16H16ClNO2. The van der Waals surface area contributed by atoms with E-state index < -0.39 is 5.97 Å². The Morgan fingerprint density at radius 2 is 2.15 bits per heavy atom. The highest BCUT2D eigenvalue weighted by Gasteiger charge is 2.33. The summed E-state index contributed by atoms with van der Waals surface area (Å²) in [5, 5.41) is 10.8. The van der Waals surface area contributed by atoms with E-state index in [1.54, 1.807) is 18.2 Å². The van der Waals surface area contributed by atoms with E-state index in [2.05, 4.69) is 13.8 Å². The number of benzene rings is 1. The number of aromatic carboxylic acids is 1. The third-order valence-corrected chi connectivity index (χ3v) is 4.46. The summed E-state index contributed by atoms with van der Waals surface area (Å²) in [7, 11) is 0. The molecule has 2 aromatic rings. The second kappa shape index (κ2) is 4.45. The van der Waals surface area contributed by atoms with Crippen molar-refractivity contribution < 1.29 is 9.90 Å². The van der Waals surface area contributed by atoms with E-state index in [1.165, 1.54) is 0 Å². The molecule has 3 nitrogen and oxygen atoms in total. The number of hydrogen-bond acceptors (Lipinski definition) is 2. The lowest BCUT2D eigenvalue weighted by molar-refractivity contribution is 0.0697. The SMILES string of the molecule is CC1(C)CCCc2c1nc1c(Cl)cccc1c2C(=O)O. The molecule has 0 bridgehead atoms. The second-order valence-corrected chi connectivity index (χ2v) is 6.40. The van der Waals surface area contributed by atoms with Crippen molar-refractivity contribution in [1.82, 2.24) is 4.98 Å². The van der Waals surface area contributed by atoms with Gasteiger partial charge in [0, 0.05) is 10.8 Å². The summed E-state index contributed by atoms with van der Waals surface area (Å²) in [6.45, 7) is 4.23. The number of hydrogen-bond donors (Lipinski definition) is 1. The van der Waals surface area contributed by atoms with Gasteiger partial charge in [-0.15, -0.1) is 0 Å². The number of carbonyl (C=O) groups is 1. The molecule has 0 atom stereocenters. The van der Waals surface area contributed by atoms with Gasteiger partial charge in [-0.25, -0.2) is 4.79 Å². The van der Waals surface area contributed by atoms with Gasteiger partial charge in [0.1, 0.15) is 0 Å². The van der Waals surface area contributed by atoms with E-state index in [4.69, 9.17) is 16.6 Å². The Bertz CT molecular complexity index is 722. The number of carboxylic acids is 1. The Kier molecular flexibility index (Phi) is 2.98. The van der Waals surface area contributed by atoms with Crippen LogP contribution in [-0.2, 0) is 11.8 Å². The van der Waals surface area contributed by atoms with Gasteiger partial charge >= 0.3 is 5.97 Å². The van der Waals surface area contributed by atoms with Crippen LogP contribution in [0.1, 0.15) is 48.3 Å². The van der Waals surface area contributed by atoms with Crippen LogP contribution < -0.4 is 0 Å². The predicted molar refractivity (Wildman–Crippen MR) is 79.7 cm³/mol. The fourth-order valence-corrected chi connectivity index (χ4v) is 3.38. The zero-order chi connectivity index (χ0) is 14.5. The number of pyridine rings is 1. The van der Waals surface area contributed by atoms with E-state index in [0.29, 0.717) is 21.5 Å². The summed E-state index contributed by atoms with van der Waals surface area (Å²) in [6, 6.07) is 5.32. The molecule has 20 heavy (non-hydrogen) atoms. The molecule has 1 aliphatic rings. The van der Waals surface area contributed by atoms with Gasteiger partial charge in [-0.05, 0) is 30.9 Å². The Morgan fingerprint density at radius 1 is 1.40 bits per heavy atom. The number of fused-ring (bicyclic) bond motifs is 2. The second-order valence-electron chi connectivity index (χ2n) is 5.99. The number of para-hydroxylation sites is 1. The van der Waals surface area contributed by atoms with E-state index in [0.717, 1.165) is 30.5 Å². The highest BCUT2D eigenvalue weighted by molar-refractivity contribution is 6.35. The Balaban J connectivity index is 2.48. The van der Waals surface area contributed by atoms with E-state index >= 15 is 0 Å². The Labute approximate surface area is 122 Å². The number of rotatable bonds is 1. The lowest BCUT2D eigenvalue weighted by Gasteiger charge is -2.32. The summed E-state index contributed by atoms with van der Waals surface area (Å²) in [4.78, 5) is 16.5. The molecule has 0 saturated carbocycles. The molecule has 1 N–H and O–H groups in total. The summed E-state index contributed by atoms with van der Waals surface area (Å²) < 4.78 is 0. The van der Waals surface area contributed by atoms with E-state index in [1.807, 2.05) is 0 Å². The molecule has 1 aliphatic carbocycles. The first-order chi connectivity index (χ1) is 9.42. The smallest absolute Gasteiger partial charge is 0.336 e. The van der Waals surface area contributed by atoms with Gasteiger partial charge < -0.3 is 5.11 Å². The minimum Gasteiger partial charge on any atom is -0.478 e. The van der Waals surface area contributed by atoms with Crippen LogP contribution in [0, 0.1) is 0 Å². The van der Waals surface area contributed by atoms with Crippen LogP contribution in [0.25, 0.3) is 10.9 Å². The zero-order valence-corrected chi connectivity index (χ0v) is 12.3. The van der Waals surface area contributed by atoms with Gasteiger partial charge in [-0.2, -0.15) is 0 Å². The fourth-order valence-electron chi connectivity index (χ4n) is 3.16. The standard InChI is InChI=1S/C16H16ClNO2/c1-16(2)8-4-6-10-12(15(19)20)9-5-3-7-11(17)13(9)18-14(10)16/h3,5,7H,4,6,8H2,1-2H3,(H,19,20). The van der Waals surface area contributed by atoms with Crippen LogP contribution >= 0.6 is 11.6 Å². The quantitative estimate of drug-likeness (QED) is 0.856. The van der Waals surface area contributed by atoms with Crippen molar-refractivity contribution in [3.8, 4) is 0 Å². The molecule has 0 spiro atoms. The first kappa shape index (κ1) is 13.4. The van der Waals surface area contributed by atoms with Gasteiger partial charge in [0.15, 0.2) is 0 Å². The van der Waals surface area contributed by atoms with Crippen molar-refractivity contribution in [2.24, 2.45) is 0 Å². The van der Waals surface area contributed by atoms with Crippen molar-refractivity contribution in [2.45, 2.75) is 38.5 Å². The van der Waals surface area contributed by atoms with E-state index in [9.17, 15) is 9.90 Å². The molecule has 1 aromatic heterocycles. The van der Waals surface area contributed by atoms with Gasteiger partial charge in [-0.1, -0.05) is 37.6 Å². The van der Waals surface area contributed by atoms with Gasteiger partial charge in [0.2, 0.25) is 0 Å². The predicted octanol–water partition coefficient (Wildman–Crippen LogP) is 4.20. The normalized spacial score (nSPS) is 16.9. The summed E-state index contributed by atoms with van der Waals surface area (Å²) in [5.41, 5.74) is 2.64. The summed E-state index contributed by atoms with van der Waals surface area (Å²) in [6.07, 6.45) is 2.78. The number of aromatic nitrogens is 1. The summed E-state index contributed by atoms with van der Waals surface area (Å²) >= 11 is 6.21. The molecule has 0 saturated heterocycles. The average Bonchev–Trinajstić information content (AvgIpc) is 2.36. The average molecular weight is 290 g/mol. The molecular weight excluding hydrogens is 274 g/mol. The Hall–Kier alpha value is -1.61. The van der Waals surface area contributed by atoms with Crippen molar-refractivity contribution in [1.29, 1.82) is 0 Å². The van der Waals surface area contributed by atoms with Crippen LogP contribution in [0.4, 0.5) is 0 Å². The number of halogens is 1. The minimum atomic E-state index is -0.895. The van der Waals surface area contributed by atoms with Crippen LogP contribution in [0.2, 0.25) is 5.02 Å². The molecule has 0 aliphatic heterocycles.